The van der Waals surface area contributed by atoms with Gasteiger partial charge in [-0.05, 0) is 36.8 Å². The van der Waals surface area contributed by atoms with Crippen molar-refractivity contribution in [2.75, 3.05) is 11.9 Å². The molecule has 0 saturated carbocycles. The largest absolute Gasteiger partial charge is 0.389 e. The molecule has 0 fully saturated rings. The Morgan fingerprint density at radius 3 is 3.00 bits per heavy atom. The van der Waals surface area contributed by atoms with E-state index in [1.54, 1.807) is 13.0 Å². The van der Waals surface area contributed by atoms with Gasteiger partial charge in [-0.25, -0.2) is 0 Å². The van der Waals surface area contributed by atoms with Crippen LogP contribution in [-0.4, -0.2) is 16.8 Å². The Kier molecular flexibility index (Phi) is 4.95. The van der Waals surface area contributed by atoms with Crippen molar-refractivity contribution < 1.29 is 5.11 Å². The zero-order chi connectivity index (χ0) is 12.0. The predicted molar refractivity (Wildman–Crippen MR) is 71.5 cm³/mol. The van der Waals surface area contributed by atoms with Crippen LogP contribution in [0.4, 0.5) is 5.69 Å². The SMILES string of the molecule is C=CCNC(=S)Nc1cccc([C@H](C)O)c1. The molecular formula is C12H16N2OS. The van der Waals surface area contributed by atoms with E-state index in [1.165, 1.54) is 0 Å². The number of aliphatic hydroxyl groups is 1. The molecule has 0 aliphatic heterocycles. The molecule has 1 aromatic carbocycles. The third-order valence-electron chi connectivity index (χ3n) is 2.03. The van der Waals surface area contributed by atoms with Gasteiger partial charge in [0.2, 0.25) is 0 Å². The van der Waals surface area contributed by atoms with E-state index in [2.05, 4.69) is 17.2 Å². The molecule has 0 aliphatic carbocycles. The van der Waals surface area contributed by atoms with Crippen molar-refractivity contribution >= 4 is 23.0 Å². The van der Waals surface area contributed by atoms with Crippen LogP contribution in [0.2, 0.25) is 0 Å². The van der Waals surface area contributed by atoms with Gasteiger partial charge in [0.1, 0.15) is 0 Å². The third-order valence-corrected chi connectivity index (χ3v) is 2.28. The number of hydrogen-bond acceptors (Lipinski definition) is 2. The fraction of sp³-hybridized carbons (Fsp3) is 0.250. The Balaban J connectivity index is 2.63. The lowest BCUT2D eigenvalue weighted by atomic mass is 10.1. The summed E-state index contributed by atoms with van der Waals surface area (Å²) in [5.74, 6) is 0. The van der Waals surface area contributed by atoms with Crippen LogP contribution in [0.25, 0.3) is 0 Å². The Bertz CT molecular complexity index is 377. The number of rotatable bonds is 4. The van der Waals surface area contributed by atoms with Crippen LogP contribution in [0, 0.1) is 0 Å². The van der Waals surface area contributed by atoms with Gasteiger partial charge in [-0.1, -0.05) is 18.2 Å². The first-order valence-corrected chi connectivity index (χ1v) is 5.48. The smallest absolute Gasteiger partial charge is 0.171 e. The summed E-state index contributed by atoms with van der Waals surface area (Å²) in [4.78, 5) is 0. The van der Waals surface area contributed by atoms with Gasteiger partial charge < -0.3 is 15.7 Å². The molecule has 16 heavy (non-hydrogen) atoms. The molecule has 3 N–H and O–H groups in total. The fourth-order valence-electron chi connectivity index (χ4n) is 1.22. The highest BCUT2D eigenvalue weighted by Crippen LogP contribution is 2.16. The number of thiocarbonyl (C=S) groups is 1. The van der Waals surface area contributed by atoms with Gasteiger partial charge in [-0.3, -0.25) is 0 Å². The lowest BCUT2D eigenvalue weighted by Gasteiger charge is -2.11. The van der Waals surface area contributed by atoms with E-state index in [0.29, 0.717) is 11.7 Å². The molecule has 0 amide bonds. The summed E-state index contributed by atoms with van der Waals surface area (Å²) in [7, 11) is 0. The average Bonchev–Trinajstić information content (AvgIpc) is 2.26. The molecule has 86 valence electrons. The summed E-state index contributed by atoms with van der Waals surface area (Å²) in [5.41, 5.74) is 1.72. The minimum absolute atomic E-state index is 0.476. The second kappa shape index (κ2) is 6.25. The molecule has 0 bridgehead atoms. The van der Waals surface area contributed by atoms with Gasteiger partial charge in [-0.2, -0.15) is 0 Å². The molecule has 1 aromatic rings. The number of anilines is 1. The zero-order valence-electron chi connectivity index (χ0n) is 9.23. The molecule has 0 radical (unpaired) electrons. The predicted octanol–water partition coefficient (Wildman–Crippen LogP) is 2.21. The summed E-state index contributed by atoms with van der Waals surface area (Å²) in [6.45, 7) is 5.95. The van der Waals surface area contributed by atoms with Crippen LogP contribution in [-0.2, 0) is 0 Å². The van der Waals surface area contributed by atoms with Crippen molar-refractivity contribution in [2.45, 2.75) is 13.0 Å². The highest BCUT2D eigenvalue weighted by atomic mass is 32.1. The van der Waals surface area contributed by atoms with E-state index in [9.17, 15) is 5.11 Å². The van der Waals surface area contributed by atoms with Crippen LogP contribution >= 0.6 is 12.2 Å². The maximum absolute atomic E-state index is 9.43. The lowest BCUT2D eigenvalue weighted by Crippen LogP contribution is -2.28. The van der Waals surface area contributed by atoms with Gasteiger partial charge in [0.05, 0.1) is 6.10 Å². The first kappa shape index (κ1) is 12.7. The number of hydrogen-bond donors (Lipinski definition) is 3. The van der Waals surface area contributed by atoms with Gasteiger partial charge in [0.15, 0.2) is 5.11 Å². The van der Waals surface area contributed by atoms with Crippen LogP contribution in [0.3, 0.4) is 0 Å². The summed E-state index contributed by atoms with van der Waals surface area (Å²) in [5, 5.41) is 16.0. The van der Waals surface area contributed by atoms with Crippen molar-refractivity contribution in [1.82, 2.24) is 5.32 Å². The van der Waals surface area contributed by atoms with E-state index in [1.807, 2.05) is 24.3 Å². The minimum Gasteiger partial charge on any atom is -0.389 e. The minimum atomic E-state index is -0.476. The van der Waals surface area contributed by atoms with E-state index in [0.717, 1.165) is 11.3 Å². The van der Waals surface area contributed by atoms with E-state index in [4.69, 9.17) is 12.2 Å². The van der Waals surface area contributed by atoms with Gasteiger partial charge >= 0.3 is 0 Å². The zero-order valence-corrected chi connectivity index (χ0v) is 10.1. The van der Waals surface area contributed by atoms with E-state index >= 15 is 0 Å². The summed E-state index contributed by atoms with van der Waals surface area (Å²) in [6.07, 6.45) is 1.26. The highest BCUT2D eigenvalue weighted by Gasteiger charge is 2.02. The van der Waals surface area contributed by atoms with Crippen LogP contribution in [0.5, 0.6) is 0 Å². The first-order chi connectivity index (χ1) is 7.63. The number of nitrogens with one attached hydrogen (secondary N) is 2. The Morgan fingerprint density at radius 1 is 1.62 bits per heavy atom. The van der Waals surface area contributed by atoms with E-state index in [-0.39, 0.29) is 0 Å². The quantitative estimate of drug-likeness (QED) is 0.554. The Morgan fingerprint density at radius 2 is 2.38 bits per heavy atom. The monoisotopic (exact) mass is 236 g/mol. The normalized spacial score (nSPS) is 11.6. The molecule has 1 rings (SSSR count). The molecule has 4 heteroatoms. The van der Waals surface area contributed by atoms with Crippen LogP contribution < -0.4 is 10.6 Å². The molecule has 0 unspecified atom stereocenters. The number of aliphatic hydroxyl groups excluding tert-OH is 1. The second-order valence-corrected chi connectivity index (χ2v) is 3.83. The maximum Gasteiger partial charge on any atom is 0.171 e. The van der Waals surface area contributed by atoms with Crippen molar-refractivity contribution in [3.63, 3.8) is 0 Å². The summed E-state index contributed by atoms with van der Waals surface area (Å²) in [6, 6.07) is 7.51. The second-order valence-electron chi connectivity index (χ2n) is 3.43. The molecule has 3 nitrogen and oxygen atoms in total. The van der Waals surface area contributed by atoms with Crippen molar-refractivity contribution in [3.8, 4) is 0 Å². The average molecular weight is 236 g/mol. The van der Waals surface area contributed by atoms with E-state index < -0.39 is 6.10 Å². The highest BCUT2D eigenvalue weighted by molar-refractivity contribution is 7.80. The van der Waals surface area contributed by atoms with Crippen molar-refractivity contribution in [3.05, 3.63) is 42.5 Å². The van der Waals surface area contributed by atoms with Crippen LogP contribution in [0.1, 0.15) is 18.6 Å². The summed E-state index contributed by atoms with van der Waals surface area (Å²) >= 11 is 5.08. The molecule has 0 heterocycles. The lowest BCUT2D eigenvalue weighted by molar-refractivity contribution is 0.199. The molecule has 0 saturated heterocycles. The van der Waals surface area contributed by atoms with Crippen molar-refractivity contribution in [2.24, 2.45) is 0 Å². The van der Waals surface area contributed by atoms with Gasteiger partial charge in [-0.15, -0.1) is 6.58 Å². The molecule has 1 atom stereocenters. The van der Waals surface area contributed by atoms with Gasteiger partial charge in [0.25, 0.3) is 0 Å². The Hall–Kier alpha value is -1.39. The third kappa shape index (κ3) is 4.00. The van der Waals surface area contributed by atoms with Crippen LogP contribution in [0.15, 0.2) is 36.9 Å². The molecule has 0 spiro atoms. The topological polar surface area (TPSA) is 44.3 Å². The summed E-state index contributed by atoms with van der Waals surface area (Å²) < 4.78 is 0. The molecule has 0 aromatic heterocycles. The standard InChI is InChI=1S/C12H16N2OS/c1-3-7-13-12(16)14-11-6-4-5-10(8-11)9(2)15/h3-6,8-9,15H,1,7H2,2H3,(H2,13,14,16)/t9-/m0/s1. The fourth-order valence-corrected chi connectivity index (χ4v) is 1.42. The number of benzene rings is 1. The van der Waals surface area contributed by atoms with Gasteiger partial charge in [0, 0.05) is 12.2 Å². The molecular weight excluding hydrogens is 220 g/mol. The molecule has 0 aliphatic rings. The first-order valence-electron chi connectivity index (χ1n) is 5.07. The maximum atomic E-state index is 9.43. The Labute approximate surface area is 101 Å². The van der Waals surface area contributed by atoms with Crippen molar-refractivity contribution in [1.29, 1.82) is 0 Å².